The molecule has 1 N–H and O–H groups in total. The van der Waals surface area contributed by atoms with Crippen molar-refractivity contribution in [1.29, 1.82) is 0 Å². The predicted molar refractivity (Wildman–Crippen MR) is 77.6 cm³/mol. The highest BCUT2D eigenvalue weighted by Crippen LogP contribution is 2.10. The first kappa shape index (κ1) is 14.2. The molecule has 0 aliphatic carbocycles. The van der Waals surface area contributed by atoms with E-state index in [4.69, 9.17) is 0 Å². The zero-order valence-corrected chi connectivity index (χ0v) is 11.7. The lowest BCUT2D eigenvalue weighted by molar-refractivity contribution is 0.108. The van der Waals surface area contributed by atoms with Crippen molar-refractivity contribution in [1.82, 2.24) is 14.5 Å². The minimum absolute atomic E-state index is 0.175. The van der Waals surface area contributed by atoms with E-state index in [1.54, 1.807) is 0 Å². The van der Waals surface area contributed by atoms with Crippen molar-refractivity contribution in [2.45, 2.75) is 25.5 Å². The van der Waals surface area contributed by atoms with E-state index < -0.39 is 11.9 Å². The average Bonchev–Trinajstić information content (AvgIpc) is 2.95. The first-order chi connectivity index (χ1) is 10.1. The van der Waals surface area contributed by atoms with Crippen LogP contribution in [0.3, 0.4) is 0 Å². The third-order valence-electron chi connectivity index (χ3n) is 3.86. The van der Waals surface area contributed by atoms with Crippen molar-refractivity contribution < 1.29 is 9.50 Å². The lowest BCUT2D eigenvalue weighted by Crippen LogP contribution is -2.35. The van der Waals surface area contributed by atoms with Crippen LogP contribution in [-0.2, 0) is 6.54 Å². The zero-order valence-electron chi connectivity index (χ0n) is 11.7. The fourth-order valence-electron chi connectivity index (χ4n) is 2.81. The Morgan fingerprint density at radius 1 is 1.29 bits per heavy atom. The maximum atomic E-state index is 13.2. The number of hydrogen-bond donors (Lipinski definition) is 1. The smallest absolute Gasteiger partial charge is 0.261 e. The summed E-state index contributed by atoms with van der Waals surface area (Å²) in [7, 11) is 0. The molecular weight excluding hydrogens is 273 g/mol. The Balaban J connectivity index is 1.80. The van der Waals surface area contributed by atoms with Gasteiger partial charge in [0.15, 0.2) is 0 Å². The maximum Gasteiger partial charge on any atom is 0.261 e. The molecule has 0 unspecified atom stereocenters. The minimum Gasteiger partial charge on any atom is -0.390 e. The molecule has 1 fully saturated rings. The Morgan fingerprint density at radius 3 is 2.81 bits per heavy atom. The quantitative estimate of drug-likeness (QED) is 0.913. The van der Waals surface area contributed by atoms with Gasteiger partial charge in [0, 0.05) is 6.54 Å². The summed E-state index contributed by atoms with van der Waals surface area (Å²) < 4.78 is 14.6. The van der Waals surface area contributed by atoms with Crippen molar-refractivity contribution >= 4 is 10.9 Å². The number of nitrogens with zero attached hydrogens (tertiary/aromatic N) is 3. The molecule has 1 aromatic heterocycles. The van der Waals surface area contributed by atoms with E-state index in [-0.39, 0.29) is 17.5 Å². The van der Waals surface area contributed by atoms with Crippen LogP contribution in [0, 0.1) is 5.82 Å². The largest absolute Gasteiger partial charge is 0.390 e. The molecule has 0 bridgehead atoms. The molecule has 5 nitrogen and oxygen atoms in total. The summed E-state index contributed by atoms with van der Waals surface area (Å²) in [6, 6.07) is 3.95. The van der Waals surface area contributed by atoms with Crippen LogP contribution in [0.25, 0.3) is 10.9 Å². The maximum absolute atomic E-state index is 13.2. The summed E-state index contributed by atoms with van der Waals surface area (Å²) in [4.78, 5) is 18.6. The second-order valence-corrected chi connectivity index (χ2v) is 5.53. The van der Waals surface area contributed by atoms with Crippen molar-refractivity contribution in [3.05, 3.63) is 40.7 Å². The van der Waals surface area contributed by atoms with Gasteiger partial charge < -0.3 is 10.0 Å². The monoisotopic (exact) mass is 291 g/mol. The third kappa shape index (κ3) is 3.11. The molecule has 21 heavy (non-hydrogen) atoms. The van der Waals surface area contributed by atoms with Gasteiger partial charge in [0.25, 0.3) is 5.56 Å². The Hall–Kier alpha value is -1.79. The Kier molecular flexibility index (Phi) is 3.98. The SMILES string of the molecule is O=c1c2cc(F)ccc2ncn1C[C@@H](O)CN1CCCC1. The van der Waals surface area contributed by atoms with Crippen LogP contribution in [0.1, 0.15) is 12.8 Å². The van der Waals surface area contributed by atoms with E-state index in [0.717, 1.165) is 25.9 Å². The molecule has 1 aliphatic heterocycles. The molecule has 112 valence electrons. The number of halogens is 1. The van der Waals surface area contributed by atoms with Crippen molar-refractivity contribution in [2.24, 2.45) is 0 Å². The first-order valence-electron chi connectivity index (χ1n) is 7.18. The van der Waals surface area contributed by atoms with E-state index in [1.807, 2.05) is 0 Å². The Labute approximate surface area is 121 Å². The zero-order chi connectivity index (χ0) is 14.8. The first-order valence-corrected chi connectivity index (χ1v) is 7.18. The average molecular weight is 291 g/mol. The normalized spacial score (nSPS) is 17.4. The number of β-amino-alcohol motifs (C(OH)–C–C–N with tert-alkyl or cyclic N) is 1. The van der Waals surface area contributed by atoms with Crippen molar-refractivity contribution in [3.8, 4) is 0 Å². The van der Waals surface area contributed by atoms with Gasteiger partial charge in [0.2, 0.25) is 0 Å². The Bertz CT molecular complexity index is 695. The van der Waals surface area contributed by atoms with Crippen LogP contribution >= 0.6 is 0 Å². The highest BCUT2D eigenvalue weighted by molar-refractivity contribution is 5.77. The summed E-state index contributed by atoms with van der Waals surface area (Å²) in [6.07, 6.45) is 3.09. The topological polar surface area (TPSA) is 58.4 Å². The number of hydrogen-bond acceptors (Lipinski definition) is 4. The molecule has 2 heterocycles. The van der Waals surface area contributed by atoms with Gasteiger partial charge in [-0.05, 0) is 44.1 Å². The second kappa shape index (κ2) is 5.91. The molecule has 1 atom stereocenters. The van der Waals surface area contributed by atoms with Crippen LogP contribution in [0.4, 0.5) is 4.39 Å². The fourth-order valence-corrected chi connectivity index (χ4v) is 2.81. The van der Waals surface area contributed by atoms with E-state index >= 15 is 0 Å². The van der Waals surface area contributed by atoms with Gasteiger partial charge in [0.1, 0.15) is 5.82 Å². The fraction of sp³-hybridized carbons (Fsp3) is 0.467. The summed E-state index contributed by atoms with van der Waals surface area (Å²) in [6.45, 7) is 2.71. The molecule has 1 saturated heterocycles. The molecule has 1 aromatic carbocycles. The second-order valence-electron chi connectivity index (χ2n) is 5.53. The van der Waals surface area contributed by atoms with Gasteiger partial charge in [-0.15, -0.1) is 0 Å². The molecule has 0 radical (unpaired) electrons. The molecule has 3 rings (SSSR count). The van der Waals surface area contributed by atoms with Crippen LogP contribution in [0.15, 0.2) is 29.3 Å². The van der Waals surface area contributed by atoms with Crippen molar-refractivity contribution in [3.63, 3.8) is 0 Å². The number of aliphatic hydroxyl groups is 1. The van der Waals surface area contributed by atoms with Gasteiger partial charge in [-0.2, -0.15) is 0 Å². The van der Waals surface area contributed by atoms with E-state index in [2.05, 4.69) is 9.88 Å². The highest BCUT2D eigenvalue weighted by Gasteiger charge is 2.17. The number of aliphatic hydroxyl groups excluding tert-OH is 1. The van der Waals surface area contributed by atoms with Gasteiger partial charge in [-0.1, -0.05) is 0 Å². The number of fused-ring (bicyclic) bond motifs is 1. The molecule has 0 amide bonds. The molecule has 0 spiro atoms. The van der Waals surface area contributed by atoms with E-state index in [1.165, 1.54) is 29.1 Å². The minimum atomic E-state index is -0.631. The van der Waals surface area contributed by atoms with Gasteiger partial charge in [-0.3, -0.25) is 9.36 Å². The third-order valence-corrected chi connectivity index (χ3v) is 3.86. The molecule has 2 aromatic rings. The highest BCUT2D eigenvalue weighted by atomic mass is 19.1. The number of rotatable bonds is 4. The molecule has 1 aliphatic rings. The number of aromatic nitrogens is 2. The van der Waals surface area contributed by atoms with Gasteiger partial charge in [-0.25, -0.2) is 9.37 Å². The Morgan fingerprint density at radius 2 is 2.05 bits per heavy atom. The van der Waals surface area contributed by atoms with Crippen LogP contribution in [0.2, 0.25) is 0 Å². The summed E-state index contributed by atoms with van der Waals surface area (Å²) >= 11 is 0. The predicted octanol–water partition coefficient (Wildman–Crippen LogP) is 0.992. The summed E-state index contributed by atoms with van der Waals surface area (Å²) in [5.41, 5.74) is 0.145. The summed E-state index contributed by atoms with van der Waals surface area (Å²) in [5, 5.41) is 10.4. The van der Waals surface area contributed by atoms with Crippen molar-refractivity contribution in [2.75, 3.05) is 19.6 Å². The number of benzene rings is 1. The molecule has 0 saturated carbocycles. The molecule has 6 heteroatoms. The lowest BCUT2D eigenvalue weighted by atomic mass is 10.2. The standard InChI is InChI=1S/C15H18FN3O2/c16-11-3-4-14-13(7-11)15(21)19(10-17-14)9-12(20)8-18-5-1-2-6-18/h3-4,7,10,12,20H,1-2,5-6,8-9H2/t12-/m0/s1. The van der Waals surface area contributed by atoms with E-state index in [9.17, 15) is 14.3 Å². The molecular formula is C15H18FN3O2. The van der Waals surface area contributed by atoms with Crippen LogP contribution in [0.5, 0.6) is 0 Å². The lowest BCUT2D eigenvalue weighted by Gasteiger charge is -2.19. The van der Waals surface area contributed by atoms with Crippen LogP contribution < -0.4 is 5.56 Å². The van der Waals surface area contributed by atoms with Gasteiger partial charge in [0.05, 0.1) is 29.9 Å². The van der Waals surface area contributed by atoms with Gasteiger partial charge >= 0.3 is 0 Å². The van der Waals surface area contributed by atoms with E-state index in [0.29, 0.717) is 12.1 Å². The summed E-state index contributed by atoms with van der Waals surface area (Å²) in [5.74, 6) is -0.461. The number of likely N-dealkylation sites (tertiary alicyclic amines) is 1. The van der Waals surface area contributed by atoms with Crippen LogP contribution in [-0.4, -0.2) is 45.3 Å².